The molecule has 5 nitrogen and oxygen atoms in total. The van der Waals surface area contributed by atoms with Crippen molar-refractivity contribution in [2.45, 2.75) is 42.2 Å². The number of nitrogens with one attached hydrogen (secondary N) is 1. The Morgan fingerprint density at radius 3 is 2.03 bits per heavy atom. The van der Waals surface area contributed by atoms with Gasteiger partial charge in [-0.1, -0.05) is 91.8 Å². The lowest BCUT2D eigenvalue weighted by Crippen LogP contribution is -2.73. The van der Waals surface area contributed by atoms with Gasteiger partial charge in [-0.2, -0.15) is 0 Å². The fourth-order valence-corrected chi connectivity index (χ4v) is 12.6. The standard InChI is InChI=1S/C25H27FN2O3SSi/c1-25(2,3)33(17-10-6-4-7-11-17,18-12-8-5-9-13-18)23(30)20-16-19(26)22(32-20)28-15-14-21(29)27-24(28)31/h4-16,20,22-23,30H,1-3H3,(H,27,29,31)/t20-,22+,23?/m1/s1. The summed E-state index contributed by atoms with van der Waals surface area (Å²) in [6, 6.07) is 21.2. The third-order valence-electron chi connectivity index (χ3n) is 6.35. The first-order valence-corrected chi connectivity index (χ1v) is 13.8. The Hall–Kier alpha value is -2.68. The summed E-state index contributed by atoms with van der Waals surface area (Å²) in [5.74, 6) is -0.504. The number of H-pyrrole nitrogens is 1. The molecule has 0 saturated carbocycles. The van der Waals surface area contributed by atoms with E-state index in [9.17, 15) is 14.7 Å². The van der Waals surface area contributed by atoms with Crippen LogP contribution in [-0.2, 0) is 0 Å². The molecule has 0 amide bonds. The summed E-state index contributed by atoms with van der Waals surface area (Å²) in [4.78, 5) is 25.9. The highest BCUT2D eigenvalue weighted by Crippen LogP contribution is 2.47. The molecule has 0 aliphatic carbocycles. The number of aromatic nitrogens is 2. The number of hydrogen-bond acceptors (Lipinski definition) is 4. The SMILES string of the molecule is CC(C)(C)[Si](c1ccccc1)(c1ccccc1)C(O)[C@H]1C=C(F)[C@@H](n2ccc(=O)[nH]c2=O)S1. The number of aromatic amines is 1. The van der Waals surface area contributed by atoms with Crippen LogP contribution in [0.15, 0.2) is 94.4 Å². The molecule has 0 spiro atoms. The zero-order chi connectivity index (χ0) is 23.8. The van der Waals surface area contributed by atoms with Crippen molar-refractivity contribution < 1.29 is 9.50 Å². The lowest BCUT2D eigenvalue weighted by Gasteiger charge is -2.48. The lowest BCUT2D eigenvalue weighted by molar-refractivity contribution is 0.249. The maximum absolute atomic E-state index is 15.1. The Kier molecular flexibility index (Phi) is 6.35. The number of halogens is 1. The summed E-state index contributed by atoms with van der Waals surface area (Å²) in [5, 5.41) is 12.4. The van der Waals surface area contributed by atoms with Crippen molar-refractivity contribution in [3.63, 3.8) is 0 Å². The Labute approximate surface area is 197 Å². The third-order valence-corrected chi connectivity index (χ3v) is 14.1. The molecule has 8 heteroatoms. The molecule has 1 aliphatic rings. The predicted octanol–water partition coefficient (Wildman–Crippen LogP) is 2.97. The van der Waals surface area contributed by atoms with Crippen LogP contribution < -0.4 is 21.6 Å². The summed E-state index contributed by atoms with van der Waals surface area (Å²) >= 11 is 1.19. The zero-order valence-electron chi connectivity index (χ0n) is 18.7. The first-order valence-electron chi connectivity index (χ1n) is 10.8. The van der Waals surface area contributed by atoms with Gasteiger partial charge in [-0.3, -0.25) is 14.3 Å². The number of aliphatic hydroxyl groups is 1. The molecule has 4 rings (SSSR count). The molecule has 172 valence electrons. The molecule has 1 aliphatic heterocycles. The van der Waals surface area contributed by atoms with Crippen LogP contribution in [-0.4, -0.2) is 33.7 Å². The number of benzene rings is 2. The minimum atomic E-state index is -2.92. The zero-order valence-corrected chi connectivity index (χ0v) is 20.6. The summed E-state index contributed by atoms with van der Waals surface area (Å²) in [6.45, 7) is 6.39. The highest BCUT2D eigenvalue weighted by atomic mass is 32.2. The van der Waals surface area contributed by atoms with Crippen molar-refractivity contribution in [2.24, 2.45) is 0 Å². The molecule has 2 heterocycles. The van der Waals surface area contributed by atoms with Gasteiger partial charge in [0.2, 0.25) is 0 Å². The maximum atomic E-state index is 15.1. The highest BCUT2D eigenvalue weighted by Gasteiger charge is 2.56. The quantitative estimate of drug-likeness (QED) is 0.549. The van der Waals surface area contributed by atoms with Crippen molar-refractivity contribution in [2.75, 3.05) is 0 Å². The fraction of sp³-hybridized carbons (Fsp3) is 0.280. The fourth-order valence-electron chi connectivity index (χ4n) is 4.93. The summed E-state index contributed by atoms with van der Waals surface area (Å²) in [7, 11) is -2.92. The second-order valence-electron chi connectivity index (χ2n) is 9.26. The molecule has 1 aromatic heterocycles. The van der Waals surface area contributed by atoms with Crippen LogP contribution in [0.5, 0.6) is 0 Å². The van der Waals surface area contributed by atoms with Gasteiger partial charge in [-0.25, -0.2) is 9.18 Å². The number of thioether (sulfide) groups is 1. The lowest BCUT2D eigenvalue weighted by atomic mass is 10.2. The normalized spacial score (nSPS) is 19.8. The Morgan fingerprint density at radius 2 is 1.55 bits per heavy atom. The molecule has 0 fully saturated rings. The van der Waals surface area contributed by atoms with Crippen LogP contribution in [0.1, 0.15) is 26.1 Å². The minimum Gasteiger partial charge on any atom is -0.394 e. The summed E-state index contributed by atoms with van der Waals surface area (Å²) < 4.78 is 16.3. The van der Waals surface area contributed by atoms with Crippen LogP contribution in [0.4, 0.5) is 4.39 Å². The van der Waals surface area contributed by atoms with E-state index in [4.69, 9.17) is 0 Å². The van der Waals surface area contributed by atoms with Gasteiger partial charge in [0.15, 0.2) is 8.07 Å². The van der Waals surface area contributed by atoms with E-state index in [1.165, 1.54) is 30.1 Å². The van der Waals surface area contributed by atoms with Crippen LogP contribution >= 0.6 is 11.8 Å². The molecule has 0 saturated heterocycles. The minimum absolute atomic E-state index is 0.313. The smallest absolute Gasteiger partial charge is 0.329 e. The van der Waals surface area contributed by atoms with Gasteiger partial charge in [0, 0.05) is 12.3 Å². The molecule has 3 aromatic rings. The van der Waals surface area contributed by atoms with Crippen LogP contribution in [0.2, 0.25) is 5.04 Å². The van der Waals surface area contributed by atoms with Crippen molar-refractivity contribution in [1.29, 1.82) is 0 Å². The second-order valence-corrected chi connectivity index (χ2v) is 15.4. The second kappa shape index (κ2) is 8.93. The first kappa shape index (κ1) is 23.5. The summed E-state index contributed by atoms with van der Waals surface area (Å²) in [6.07, 6.45) is 2.72. The largest absolute Gasteiger partial charge is 0.394 e. The van der Waals surface area contributed by atoms with Crippen LogP contribution in [0.25, 0.3) is 0 Å². The topological polar surface area (TPSA) is 75.1 Å². The first-order chi connectivity index (χ1) is 15.7. The van der Waals surface area contributed by atoms with Gasteiger partial charge in [-0.05, 0) is 11.1 Å². The van der Waals surface area contributed by atoms with E-state index in [1.54, 1.807) is 0 Å². The number of aliphatic hydroxyl groups excluding tert-OH is 1. The average Bonchev–Trinajstić information content (AvgIpc) is 3.16. The van der Waals surface area contributed by atoms with Crippen molar-refractivity contribution in [1.82, 2.24) is 9.55 Å². The summed E-state index contributed by atoms with van der Waals surface area (Å²) in [5.41, 5.74) is -2.09. The Bertz CT molecular complexity index is 1230. The average molecular weight is 483 g/mol. The Morgan fingerprint density at radius 1 is 1.00 bits per heavy atom. The van der Waals surface area contributed by atoms with Crippen LogP contribution in [0.3, 0.4) is 0 Å². The van der Waals surface area contributed by atoms with E-state index in [-0.39, 0.29) is 5.04 Å². The molecule has 33 heavy (non-hydrogen) atoms. The molecule has 0 radical (unpaired) electrons. The van der Waals surface area contributed by atoms with Gasteiger partial charge in [0.1, 0.15) is 11.2 Å². The van der Waals surface area contributed by atoms with E-state index in [1.807, 2.05) is 36.4 Å². The molecular weight excluding hydrogens is 455 g/mol. The number of hydrogen-bond donors (Lipinski definition) is 2. The van der Waals surface area contributed by atoms with E-state index < -0.39 is 41.5 Å². The van der Waals surface area contributed by atoms with E-state index in [0.717, 1.165) is 14.9 Å². The van der Waals surface area contributed by atoms with E-state index >= 15 is 4.39 Å². The van der Waals surface area contributed by atoms with Gasteiger partial charge < -0.3 is 5.11 Å². The molecule has 2 N–H and O–H groups in total. The van der Waals surface area contributed by atoms with Crippen molar-refractivity contribution in [3.05, 3.63) is 106 Å². The van der Waals surface area contributed by atoms with Gasteiger partial charge >= 0.3 is 5.69 Å². The third kappa shape index (κ3) is 4.07. The monoisotopic (exact) mass is 482 g/mol. The van der Waals surface area contributed by atoms with Gasteiger partial charge in [-0.15, -0.1) is 11.8 Å². The molecular formula is C25H27FN2O3SSi. The highest BCUT2D eigenvalue weighted by molar-refractivity contribution is 8.00. The van der Waals surface area contributed by atoms with Crippen LogP contribution in [0, 0.1) is 0 Å². The molecule has 2 aromatic carbocycles. The molecule has 0 bridgehead atoms. The van der Waals surface area contributed by atoms with E-state index in [0.29, 0.717) is 0 Å². The van der Waals surface area contributed by atoms with Gasteiger partial charge in [0.25, 0.3) is 5.56 Å². The van der Waals surface area contributed by atoms with Crippen molar-refractivity contribution in [3.8, 4) is 0 Å². The Balaban J connectivity index is 1.84. The number of rotatable bonds is 5. The maximum Gasteiger partial charge on any atom is 0.329 e. The molecule has 3 atom stereocenters. The predicted molar refractivity (Wildman–Crippen MR) is 135 cm³/mol. The number of nitrogens with zero attached hydrogens (tertiary/aromatic N) is 1. The van der Waals surface area contributed by atoms with E-state index in [2.05, 4.69) is 50.0 Å². The molecule has 1 unspecified atom stereocenters. The van der Waals surface area contributed by atoms with Crippen molar-refractivity contribution >= 4 is 30.2 Å². The van der Waals surface area contributed by atoms with Gasteiger partial charge in [0.05, 0.1) is 11.0 Å².